The minimum absolute atomic E-state index is 0.155. The Morgan fingerprint density at radius 3 is 2.67 bits per heavy atom. The van der Waals surface area contributed by atoms with E-state index in [1.54, 1.807) is 36.4 Å². The predicted octanol–water partition coefficient (Wildman–Crippen LogP) is 4.33. The fraction of sp³-hybridized carbons (Fsp3) is 0.167. The molecule has 3 rings (SSSR count). The predicted molar refractivity (Wildman–Crippen MR) is 105 cm³/mol. The number of hydrogen-bond donors (Lipinski definition) is 1. The molecule has 0 saturated heterocycles. The lowest BCUT2D eigenvalue weighted by molar-refractivity contribution is -0.118. The molecule has 1 amide bonds. The van der Waals surface area contributed by atoms with Crippen molar-refractivity contribution in [2.24, 2.45) is 0 Å². The Kier molecular flexibility index (Phi) is 6.98. The van der Waals surface area contributed by atoms with Gasteiger partial charge in [-0.2, -0.15) is 0 Å². The van der Waals surface area contributed by atoms with Gasteiger partial charge in [-0.1, -0.05) is 47.1 Å². The van der Waals surface area contributed by atoms with Crippen molar-refractivity contribution < 1.29 is 13.9 Å². The second-order valence-electron chi connectivity index (χ2n) is 5.29. The molecule has 0 saturated carbocycles. The van der Waals surface area contributed by atoms with Crippen LogP contribution in [0.25, 0.3) is 11.5 Å². The van der Waals surface area contributed by atoms with Crippen molar-refractivity contribution in [2.75, 3.05) is 18.9 Å². The van der Waals surface area contributed by atoms with Gasteiger partial charge in [0, 0.05) is 5.02 Å². The number of thioether (sulfide) groups is 1. The molecule has 27 heavy (non-hydrogen) atoms. The maximum Gasteiger partial charge on any atom is 0.277 e. The highest BCUT2D eigenvalue weighted by Crippen LogP contribution is 2.28. The van der Waals surface area contributed by atoms with E-state index in [2.05, 4.69) is 15.5 Å². The molecule has 0 fully saturated rings. The molecule has 0 aliphatic heterocycles. The first-order chi connectivity index (χ1) is 13.1. The Labute approximate surface area is 170 Å². The topological polar surface area (TPSA) is 77.2 Å². The Morgan fingerprint density at radius 1 is 1.11 bits per heavy atom. The maximum atomic E-state index is 11.9. The molecule has 0 bridgehead atoms. The molecule has 0 aliphatic carbocycles. The van der Waals surface area contributed by atoms with Crippen LogP contribution in [0.5, 0.6) is 5.75 Å². The lowest BCUT2D eigenvalue weighted by atomic mass is 10.2. The van der Waals surface area contributed by atoms with Gasteiger partial charge in [-0.25, -0.2) is 0 Å². The van der Waals surface area contributed by atoms with E-state index >= 15 is 0 Å². The van der Waals surface area contributed by atoms with Crippen LogP contribution in [0.15, 0.2) is 58.2 Å². The molecular formula is C18H15Cl2N3O3S. The first kappa shape index (κ1) is 19.5. The van der Waals surface area contributed by atoms with Gasteiger partial charge in [0.05, 0.1) is 22.9 Å². The standard InChI is InChI=1S/C18H15Cl2N3O3S/c19-12-5-7-13(8-6-12)25-10-9-21-16(24)11-27-18-23-22-17(26-18)14-3-1-2-4-15(14)20/h1-8H,9-11H2,(H,21,24). The van der Waals surface area contributed by atoms with Gasteiger partial charge >= 0.3 is 0 Å². The van der Waals surface area contributed by atoms with Crippen molar-refractivity contribution in [3.05, 3.63) is 58.6 Å². The Morgan fingerprint density at radius 2 is 1.89 bits per heavy atom. The molecular weight excluding hydrogens is 409 g/mol. The van der Waals surface area contributed by atoms with Crippen molar-refractivity contribution in [1.29, 1.82) is 0 Å². The number of carbonyl (C=O) groups is 1. The van der Waals surface area contributed by atoms with Crippen LogP contribution in [0.4, 0.5) is 0 Å². The normalized spacial score (nSPS) is 10.6. The lowest BCUT2D eigenvalue weighted by Gasteiger charge is -2.07. The zero-order valence-electron chi connectivity index (χ0n) is 14.0. The highest BCUT2D eigenvalue weighted by molar-refractivity contribution is 7.99. The molecule has 0 aliphatic rings. The smallest absolute Gasteiger partial charge is 0.277 e. The van der Waals surface area contributed by atoms with Crippen LogP contribution in [-0.2, 0) is 4.79 Å². The zero-order chi connectivity index (χ0) is 19.1. The average molecular weight is 424 g/mol. The van der Waals surface area contributed by atoms with E-state index in [9.17, 15) is 4.79 Å². The van der Waals surface area contributed by atoms with Crippen LogP contribution in [0.2, 0.25) is 10.0 Å². The van der Waals surface area contributed by atoms with Crippen molar-refractivity contribution >= 4 is 40.9 Å². The van der Waals surface area contributed by atoms with Crippen LogP contribution in [-0.4, -0.2) is 35.0 Å². The van der Waals surface area contributed by atoms with Crippen molar-refractivity contribution in [3.8, 4) is 17.2 Å². The summed E-state index contributed by atoms with van der Waals surface area (Å²) in [5.41, 5.74) is 0.655. The van der Waals surface area contributed by atoms with Gasteiger partial charge in [-0.05, 0) is 36.4 Å². The zero-order valence-corrected chi connectivity index (χ0v) is 16.4. The van der Waals surface area contributed by atoms with Crippen molar-refractivity contribution in [3.63, 3.8) is 0 Å². The van der Waals surface area contributed by atoms with Gasteiger partial charge in [0.15, 0.2) is 0 Å². The third-order valence-electron chi connectivity index (χ3n) is 3.34. The molecule has 1 heterocycles. The Bertz CT molecular complexity index is 903. The molecule has 0 spiro atoms. The largest absolute Gasteiger partial charge is 0.492 e. The number of carbonyl (C=O) groups excluding carboxylic acids is 1. The van der Waals surface area contributed by atoms with Crippen LogP contribution in [0, 0.1) is 0 Å². The van der Waals surface area contributed by atoms with Crippen molar-refractivity contribution in [2.45, 2.75) is 5.22 Å². The fourth-order valence-electron chi connectivity index (χ4n) is 2.08. The van der Waals surface area contributed by atoms with Crippen LogP contribution >= 0.6 is 35.0 Å². The molecule has 6 nitrogen and oxygen atoms in total. The van der Waals surface area contributed by atoms with Crippen LogP contribution in [0.1, 0.15) is 0 Å². The summed E-state index contributed by atoms with van der Waals surface area (Å²) >= 11 is 13.1. The van der Waals surface area contributed by atoms with Gasteiger partial charge < -0.3 is 14.5 Å². The molecule has 0 radical (unpaired) electrons. The number of benzene rings is 2. The summed E-state index contributed by atoms with van der Waals surface area (Å²) in [5.74, 6) is 1.02. The molecule has 140 valence electrons. The van der Waals surface area contributed by atoms with Gasteiger partial charge in [0.2, 0.25) is 11.8 Å². The number of nitrogens with zero attached hydrogens (tertiary/aromatic N) is 2. The van der Waals surface area contributed by atoms with Crippen LogP contribution in [0.3, 0.4) is 0 Å². The number of aromatic nitrogens is 2. The molecule has 0 unspecified atom stereocenters. The molecule has 1 aromatic heterocycles. The summed E-state index contributed by atoms with van der Waals surface area (Å²) in [6.07, 6.45) is 0. The summed E-state index contributed by atoms with van der Waals surface area (Å²) in [6.45, 7) is 0.742. The van der Waals surface area contributed by atoms with Gasteiger partial charge in [-0.15, -0.1) is 10.2 Å². The van der Waals surface area contributed by atoms with E-state index in [1.165, 1.54) is 0 Å². The molecule has 9 heteroatoms. The first-order valence-corrected chi connectivity index (χ1v) is 9.72. The highest BCUT2D eigenvalue weighted by atomic mass is 35.5. The van der Waals surface area contributed by atoms with E-state index in [-0.39, 0.29) is 11.7 Å². The SMILES string of the molecule is O=C(CSc1nnc(-c2ccccc2Cl)o1)NCCOc1ccc(Cl)cc1. The summed E-state index contributed by atoms with van der Waals surface area (Å²) < 4.78 is 11.0. The van der Waals surface area contributed by atoms with E-state index < -0.39 is 0 Å². The monoisotopic (exact) mass is 423 g/mol. The summed E-state index contributed by atoms with van der Waals surface area (Å²) in [4.78, 5) is 11.9. The third kappa shape index (κ3) is 5.89. The van der Waals surface area contributed by atoms with E-state index in [0.717, 1.165) is 11.8 Å². The molecule has 2 aromatic carbocycles. The first-order valence-electron chi connectivity index (χ1n) is 7.98. The second-order valence-corrected chi connectivity index (χ2v) is 7.06. The van der Waals surface area contributed by atoms with Gasteiger partial charge in [0.1, 0.15) is 12.4 Å². The molecule has 0 atom stereocenters. The Hall–Kier alpha value is -2.22. The van der Waals surface area contributed by atoms with Crippen LogP contribution < -0.4 is 10.1 Å². The number of nitrogens with one attached hydrogen (secondary N) is 1. The number of halogens is 2. The number of amides is 1. The van der Waals surface area contributed by atoms with Gasteiger partial charge in [0.25, 0.3) is 5.22 Å². The number of ether oxygens (including phenoxy) is 1. The summed E-state index contributed by atoms with van der Waals surface area (Å²) in [7, 11) is 0. The Balaban J connectivity index is 1.39. The summed E-state index contributed by atoms with van der Waals surface area (Å²) in [6, 6.07) is 14.2. The second kappa shape index (κ2) is 9.64. The minimum atomic E-state index is -0.155. The average Bonchev–Trinajstić information content (AvgIpc) is 3.14. The number of rotatable bonds is 8. The van der Waals surface area contributed by atoms with Crippen molar-refractivity contribution in [1.82, 2.24) is 15.5 Å². The number of hydrogen-bond acceptors (Lipinski definition) is 6. The maximum absolute atomic E-state index is 11.9. The van der Waals surface area contributed by atoms with E-state index in [4.69, 9.17) is 32.4 Å². The molecule has 1 N–H and O–H groups in total. The molecule has 3 aromatic rings. The van der Waals surface area contributed by atoms with E-state index in [1.807, 2.05) is 12.1 Å². The van der Waals surface area contributed by atoms with E-state index in [0.29, 0.717) is 45.6 Å². The lowest BCUT2D eigenvalue weighted by Crippen LogP contribution is -2.29. The highest BCUT2D eigenvalue weighted by Gasteiger charge is 2.13. The minimum Gasteiger partial charge on any atom is -0.492 e. The van der Waals surface area contributed by atoms with Gasteiger partial charge in [-0.3, -0.25) is 4.79 Å². The quantitative estimate of drug-likeness (QED) is 0.429. The third-order valence-corrected chi connectivity index (χ3v) is 4.74. The summed E-state index contributed by atoms with van der Waals surface area (Å²) in [5, 5.41) is 12.1. The fourth-order valence-corrected chi connectivity index (χ4v) is 3.02.